The van der Waals surface area contributed by atoms with Crippen molar-refractivity contribution in [1.29, 1.82) is 0 Å². The first-order valence-corrected chi connectivity index (χ1v) is 4.57. The molecule has 2 heterocycles. The zero-order chi connectivity index (χ0) is 8.39. The molecule has 1 aliphatic rings. The first-order valence-electron chi connectivity index (χ1n) is 4.57. The van der Waals surface area contributed by atoms with Gasteiger partial charge in [0.1, 0.15) is 0 Å². The van der Waals surface area contributed by atoms with Crippen molar-refractivity contribution >= 4 is 0 Å². The maximum Gasteiger partial charge on any atom is 0.0947 e. The van der Waals surface area contributed by atoms with Gasteiger partial charge in [-0.25, -0.2) is 4.98 Å². The van der Waals surface area contributed by atoms with E-state index in [1.165, 1.54) is 25.0 Å². The van der Waals surface area contributed by atoms with Gasteiger partial charge in [0.15, 0.2) is 0 Å². The Labute approximate surface area is 72.8 Å². The van der Waals surface area contributed by atoms with Gasteiger partial charge in [-0.15, -0.1) is 0 Å². The monoisotopic (exact) mass is 165 g/mol. The summed E-state index contributed by atoms with van der Waals surface area (Å²) in [6, 6.07) is 0.500. The van der Waals surface area contributed by atoms with E-state index in [0.717, 1.165) is 6.54 Å². The minimum absolute atomic E-state index is 0.500. The summed E-state index contributed by atoms with van der Waals surface area (Å²) in [6.07, 6.45) is 7.84. The SMILES string of the molecule is Cn1cnc(C2CCCCN2)c1. The summed E-state index contributed by atoms with van der Waals surface area (Å²) in [5, 5.41) is 3.47. The van der Waals surface area contributed by atoms with E-state index >= 15 is 0 Å². The maximum atomic E-state index is 4.34. The summed E-state index contributed by atoms with van der Waals surface area (Å²) in [4.78, 5) is 4.34. The van der Waals surface area contributed by atoms with E-state index in [0.29, 0.717) is 6.04 Å². The molecule has 1 aromatic rings. The molecule has 66 valence electrons. The number of nitrogens with one attached hydrogen (secondary N) is 1. The van der Waals surface area contributed by atoms with Crippen LogP contribution in [0.5, 0.6) is 0 Å². The van der Waals surface area contributed by atoms with E-state index < -0.39 is 0 Å². The Morgan fingerprint density at radius 2 is 2.50 bits per heavy atom. The fourth-order valence-electron chi connectivity index (χ4n) is 1.72. The molecule has 2 rings (SSSR count). The maximum absolute atomic E-state index is 4.34. The van der Waals surface area contributed by atoms with Gasteiger partial charge in [-0.2, -0.15) is 0 Å². The van der Waals surface area contributed by atoms with Crippen LogP contribution in [-0.2, 0) is 7.05 Å². The Kier molecular flexibility index (Phi) is 2.13. The molecule has 1 N–H and O–H groups in total. The molecule has 1 atom stereocenters. The van der Waals surface area contributed by atoms with E-state index in [1.54, 1.807) is 0 Å². The summed E-state index contributed by atoms with van der Waals surface area (Å²) >= 11 is 0. The molecule has 0 spiro atoms. The predicted octanol–water partition coefficient (Wildman–Crippen LogP) is 1.23. The van der Waals surface area contributed by atoms with Gasteiger partial charge in [-0.3, -0.25) is 0 Å². The van der Waals surface area contributed by atoms with Crippen LogP contribution in [0.1, 0.15) is 31.0 Å². The van der Waals surface area contributed by atoms with E-state index in [2.05, 4.69) is 16.5 Å². The van der Waals surface area contributed by atoms with Gasteiger partial charge in [0.2, 0.25) is 0 Å². The van der Waals surface area contributed by atoms with Crippen LogP contribution in [0.4, 0.5) is 0 Å². The Bertz CT molecular complexity index is 248. The van der Waals surface area contributed by atoms with E-state index in [9.17, 15) is 0 Å². The molecular weight excluding hydrogens is 150 g/mol. The van der Waals surface area contributed by atoms with Gasteiger partial charge >= 0.3 is 0 Å². The number of hydrogen-bond acceptors (Lipinski definition) is 2. The second-order valence-electron chi connectivity index (χ2n) is 3.47. The number of aryl methyl sites for hydroxylation is 1. The first-order chi connectivity index (χ1) is 5.86. The number of rotatable bonds is 1. The fraction of sp³-hybridized carbons (Fsp3) is 0.667. The smallest absolute Gasteiger partial charge is 0.0947 e. The van der Waals surface area contributed by atoms with Crippen LogP contribution < -0.4 is 5.32 Å². The minimum atomic E-state index is 0.500. The van der Waals surface area contributed by atoms with Crippen molar-refractivity contribution in [3.8, 4) is 0 Å². The van der Waals surface area contributed by atoms with Crippen molar-refractivity contribution < 1.29 is 0 Å². The topological polar surface area (TPSA) is 29.9 Å². The minimum Gasteiger partial charge on any atom is -0.340 e. The molecule has 1 unspecified atom stereocenters. The molecule has 3 nitrogen and oxygen atoms in total. The van der Waals surface area contributed by atoms with Crippen LogP contribution in [0, 0.1) is 0 Å². The summed E-state index contributed by atoms with van der Waals surface area (Å²) in [5.74, 6) is 0. The Balaban J connectivity index is 2.08. The van der Waals surface area contributed by atoms with Crippen LogP contribution in [0.2, 0.25) is 0 Å². The number of hydrogen-bond donors (Lipinski definition) is 1. The molecule has 0 radical (unpaired) electrons. The van der Waals surface area contributed by atoms with Gasteiger partial charge in [-0.1, -0.05) is 6.42 Å². The highest BCUT2D eigenvalue weighted by Gasteiger charge is 2.15. The predicted molar refractivity (Wildman–Crippen MR) is 47.8 cm³/mol. The zero-order valence-electron chi connectivity index (χ0n) is 7.45. The van der Waals surface area contributed by atoms with E-state index in [4.69, 9.17) is 0 Å². The molecule has 1 aliphatic heterocycles. The van der Waals surface area contributed by atoms with Crippen molar-refractivity contribution in [3.05, 3.63) is 18.2 Å². The number of imidazole rings is 1. The molecular formula is C9H15N3. The molecule has 0 bridgehead atoms. The summed E-state index contributed by atoms with van der Waals surface area (Å²) < 4.78 is 2.01. The molecule has 12 heavy (non-hydrogen) atoms. The average molecular weight is 165 g/mol. The van der Waals surface area contributed by atoms with Crippen LogP contribution in [0.15, 0.2) is 12.5 Å². The average Bonchev–Trinajstić information content (AvgIpc) is 2.54. The number of piperidine rings is 1. The van der Waals surface area contributed by atoms with Gasteiger partial charge in [-0.05, 0) is 19.4 Å². The van der Waals surface area contributed by atoms with Gasteiger partial charge < -0.3 is 9.88 Å². The molecule has 0 saturated carbocycles. The Morgan fingerprint density at radius 1 is 1.58 bits per heavy atom. The van der Waals surface area contributed by atoms with Crippen molar-refractivity contribution in [3.63, 3.8) is 0 Å². The summed E-state index contributed by atoms with van der Waals surface area (Å²) in [5.41, 5.74) is 1.19. The highest BCUT2D eigenvalue weighted by atomic mass is 15.0. The Morgan fingerprint density at radius 3 is 3.08 bits per heavy atom. The number of aromatic nitrogens is 2. The van der Waals surface area contributed by atoms with Gasteiger partial charge in [0.25, 0.3) is 0 Å². The molecule has 1 saturated heterocycles. The van der Waals surface area contributed by atoms with Crippen LogP contribution in [-0.4, -0.2) is 16.1 Å². The molecule has 0 aromatic carbocycles. The molecule has 1 aromatic heterocycles. The first kappa shape index (κ1) is 7.80. The zero-order valence-corrected chi connectivity index (χ0v) is 7.45. The lowest BCUT2D eigenvalue weighted by molar-refractivity contribution is 0.406. The second-order valence-corrected chi connectivity index (χ2v) is 3.47. The second kappa shape index (κ2) is 3.27. The van der Waals surface area contributed by atoms with Crippen molar-refractivity contribution in [2.24, 2.45) is 7.05 Å². The lowest BCUT2D eigenvalue weighted by Crippen LogP contribution is -2.26. The highest BCUT2D eigenvalue weighted by molar-refractivity contribution is 5.04. The van der Waals surface area contributed by atoms with Crippen LogP contribution in [0.25, 0.3) is 0 Å². The molecule has 0 amide bonds. The third kappa shape index (κ3) is 1.50. The summed E-state index contributed by atoms with van der Waals surface area (Å²) in [7, 11) is 2.01. The quantitative estimate of drug-likeness (QED) is 0.678. The third-order valence-electron chi connectivity index (χ3n) is 2.39. The Hall–Kier alpha value is -0.830. The normalized spacial score (nSPS) is 24.2. The lowest BCUT2D eigenvalue weighted by Gasteiger charge is -2.21. The van der Waals surface area contributed by atoms with Gasteiger partial charge in [0.05, 0.1) is 18.1 Å². The molecule has 3 heteroatoms. The number of nitrogens with zero attached hydrogens (tertiary/aromatic N) is 2. The van der Waals surface area contributed by atoms with Crippen LogP contribution >= 0.6 is 0 Å². The van der Waals surface area contributed by atoms with Crippen LogP contribution in [0.3, 0.4) is 0 Å². The largest absolute Gasteiger partial charge is 0.340 e. The van der Waals surface area contributed by atoms with Crippen molar-refractivity contribution in [2.75, 3.05) is 6.54 Å². The molecule has 1 fully saturated rings. The van der Waals surface area contributed by atoms with Crippen molar-refractivity contribution in [1.82, 2.24) is 14.9 Å². The molecule has 0 aliphatic carbocycles. The van der Waals surface area contributed by atoms with E-state index in [1.807, 2.05) is 17.9 Å². The summed E-state index contributed by atoms with van der Waals surface area (Å²) in [6.45, 7) is 1.14. The van der Waals surface area contributed by atoms with Gasteiger partial charge in [0, 0.05) is 13.2 Å². The van der Waals surface area contributed by atoms with Crippen molar-refractivity contribution in [2.45, 2.75) is 25.3 Å². The third-order valence-corrected chi connectivity index (χ3v) is 2.39. The van der Waals surface area contributed by atoms with E-state index in [-0.39, 0.29) is 0 Å². The fourth-order valence-corrected chi connectivity index (χ4v) is 1.72. The standard InChI is InChI=1S/C9H15N3/c1-12-6-9(11-7-12)8-4-2-3-5-10-8/h6-8,10H,2-5H2,1H3. The highest BCUT2D eigenvalue weighted by Crippen LogP contribution is 2.20. The lowest BCUT2D eigenvalue weighted by atomic mass is 10.0.